The van der Waals surface area contributed by atoms with E-state index in [4.69, 9.17) is 15.2 Å². The first kappa shape index (κ1) is 16.7. The number of nitrogens with one attached hydrogen (secondary N) is 1. The van der Waals surface area contributed by atoms with E-state index in [0.717, 1.165) is 11.1 Å². The van der Waals surface area contributed by atoms with Gasteiger partial charge in [0.15, 0.2) is 6.29 Å². The zero-order valence-electron chi connectivity index (χ0n) is 13.9. The molecule has 1 aromatic carbocycles. The first-order valence-corrected chi connectivity index (χ1v) is 8.37. The minimum atomic E-state index is -0.953. The number of benzene rings is 1. The van der Waals surface area contributed by atoms with Gasteiger partial charge in [-0.25, -0.2) is 4.39 Å². The molecule has 2 aliphatic rings. The molecule has 134 valence electrons. The number of amides is 1. The van der Waals surface area contributed by atoms with Crippen LogP contribution in [0.1, 0.15) is 34.3 Å². The molecule has 1 aliphatic carbocycles. The first-order chi connectivity index (χ1) is 12.6. The Morgan fingerprint density at radius 2 is 2.08 bits per heavy atom. The number of halogens is 1. The molecule has 0 radical (unpaired) electrons. The summed E-state index contributed by atoms with van der Waals surface area (Å²) in [6.45, 7) is 1.04. The lowest BCUT2D eigenvalue weighted by Gasteiger charge is -2.12. The summed E-state index contributed by atoms with van der Waals surface area (Å²) in [7, 11) is 0. The fourth-order valence-corrected chi connectivity index (χ4v) is 3.09. The van der Waals surface area contributed by atoms with Gasteiger partial charge in [0.1, 0.15) is 6.17 Å². The van der Waals surface area contributed by atoms with Crippen LogP contribution in [0.15, 0.2) is 42.5 Å². The van der Waals surface area contributed by atoms with Crippen molar-refractivity contribution in [3.8, 4) is 11.3 Å². The zero-order chi connectivity index (χ0) is 18.1. The molecule has 0 spiro atoms. The average molecular weight is 355 g/mol. The number of aromatic amines is 1. The number of H-pyrrole nitrogens is 1. The lowest BCUT2D eigenvalue weighted by Crippen LogP contribution is -2.13. The number of nitrogens with two attached hydrogens (primary N) is 1. The number of allylic oxidation sites excluding steroid dienone is 4. The maximum absolute atomic E-state index is 13.2. The van der Waals surface area contributed by atoms with Gasteiger partial charge in [-0.05, 0) is 23.8 Å². The molecule has 1 aromatic heterocycles. The summed E-state index contributed by atoms with van der Waals surface area (Å²) < 4.78 is 24.2. The van der Waals surface area contributed by atoms with Gasteiger partial charge in [-0.15, -0.1) is 0 Å². The molecule has 2 heterocycles. The predicted molar refractivity (Wildman–Crippen MR) is 93.8 cm³/mol. The Bertz CT molecular complexity index is 897. The van der Waals surface area contributed by atoms with E-state index in [0.29, 0.717) is 42.1 Å². The molecule has 4 rings (SSSR count). The van der Waals surface area contributed by atoms with Crippen LogP contribution in [0.5, 0.6) is 0 Å². The standard InChI is InChI=1S/C19H18FN3O3/c20-13-4-1-11(2-5-13)16-10-17(23-22-16)14-6-3-12(9-15(14)18(21)24)19-25-7-8-26-19/h1-4,6,9-10,13,19H,5,7-8H2,(H2,21,24)(H,22,23). The monoisotopic (exact) mass is 355 g/mol. The third-order valence-corrected chi connectivity index (χ3v) is 4.41. The second-order valence-electron chi connectivity index (χ2n) is 6.18. The number of hydrogen-bond donors (Lipinski definition) is 2. The molecule has 26 heavy (non-hydrogen) atoms. The van der Waals surface area contributed by atoms with Crippen molar-refractivity contribution < 1.29 is 18.7 Å². The molecule has 0 saturated carbocycles. The second kappa shape index (κ2) is 6.86. The topological polar surface area (TPSA) is 90.2 Å². The van der Waals surface area contributed by atoms with Gasteiger partial charge in [-0.2, -0.15) is 5.10 Å². The van der Waals surface area contributed by atoms with E-state index < -0.39 is 18.4 Å². The molecule has 1 amide bonds. The number of carbonyl (C=O) groups excluding carboxylic acids is 1. The van der Waals surface area contributed by atoms with Crippen molar-refractivity contribution in [3.63, 3.8) is 0 Å². The van der Waals surface area contributed by atoms with Gasteiger partial charge < -0.3 is 15.2 Å². The molecular formula is C19H18FN3O3. The summed E-state index contributed by atoms with van der Waals surface area (Å²) in [6.07, 6.45) is 3.92. The summed E-state index contributed by atoms with van der Waals surface area (Å²) in [5.74, 6) is -0.548. The Morgan fingerprint density at radius 1 is 1.27 bits per heavy atom. The minimum absolute atomic E-state index is 0.330. The molecule has 7 heteroatoms. The van der Waals surface area contributed by atoms with Gasteiger partial charge in [-0.1, -0.05) is 24.3 Å². The maximum atomic E-state index is 13.2. The highest BCUT2D eigenvalue weighted by Crippen LogP contribution is 2.31. The molecule has 1 aliphatic heterocycles. The van der Waals surface area contributed by atoms with E-state index in [1.54, 1.807) is 24.3 Å². The smallest absolute Gasteiger partial charge is 0.249 e. The number of carbonyl (C=O) groups is 1. The first-order valence-electron chi connectivity index (χ1n) is 8.37. The van der Waals surface area contributed by atoms with Crippen molar-refractivity contribution in [3.05, 3.63) is 59.3 Å². The van der Waals surface area contributed by atoms with Gasteiger partial charge >= 0.3 is 0 Å². The van der Waals surface area contributed by atoms with Gasteiger partial charge in [0.05, 0.1) is 24.6 Å². The summed E-state index contributed by atoms with van der Waals surface area (Å²) in [6, 6.07) is 7.13. The van der Waals surface area contributed by atoms with E-state index in [2.05, 4.69) is 10.2 Å². The van der Waals surface area contributed by atoms with Crippen LogP contribution >= 0.6 is 0 Å². The Labute approximate surface area is 149 Å². The molecule has 1 saturated heterocycles. The van der Waals surface area contributed by atoms with Crippen LogP contribution in [0, 0.1) is 0 Å². The van der Waals surface area contributed by atoms with Gasteiger partial charge in [0, 0.05) is 23.1 Å². The third kappa shape index (κ3) is 3.18. The molecular weight excluding hydrogens is 337 g/mol. The Morgan fingerprint density at radius 3 is 2.77 bits per heavy atom. The Balaban J connectivity index is 1.67. The highest BCUT2D eigenvalue weighted by atomic mass is 19.1. The predicted octanol–water partition coefficient (Wildman–Crippen LogP) is 2.90. The van der Waals surface area contributed by atoms with Crippen LogP contribution in [0.4, 0.5) is 4.39 Å². The number of rotatable bonds is 4. The minimum Gasteiger partial charge on any atom is -0.366 e. The average Bonchev–Trinajstić information content (AvgIpc) is 3.34. The van der Waals surface area contributed by atoms with Gasteiger partial charge in [-0.3, -0.25) is 9.89 Å². The lowest BCUT2D eigenvalue weighted by atomic mass is 9.99. The SMILES string of the molecule is NC(=O)c1cc(C2OCCO2)ccc1-c1cc(C2=CCC(F)C=C2)n[nH]1. The number of ether oxygens (including phenoxy) is 2. The molecule has 1 atom stereocenters. The van der Waals surface area contributed by atoms with Crippen molar-refractivity contribution >= 4 is 11.5 Å². The van der Waals surface area contributed by atoms with E-state index in [1.807, 2.05) is 12.1 Å². The molecule has 0 bridgehead atoms. The van der Waals surface area contributed by atoms with Gasteiger partial charge in [0.25, 0.3) is 0 Å². The Hall–Kier alpha value is -2.77. The zero-order valence-corrected chi connectivity index (χ0v) is 13.9. The number of hydrogen-bond acceptors (Lipinski definition) is 4. The van der Waals surface area contributed by atoms with Crippen molar-refractivity contribution in [1.82, 2.24) is 10.2 Å². The van der Waals surface area contributed by atoms with E-state index >= 15 is 0 Å². The summed E-state index contributed by atoms with van der Waals surface area (Å²) in [5, 5.41) is 7.20. The van der Waals surface area contributed by atoms with E-state index in [-0.39, 0.29) is 0 Å². The van der Waals surface area contributed by atoms with Crippen LogP contribution in [0.25, 0.3) is 16.8 Å². The van der Waals surface area contributed by atoms with Crippen LogP contribution in [0.3, 0.4) is 0 Å². The van der Waals surface area contributed by atoms with Crippen LogP contribution in [-0.4, -0.2) is 35.5 Å². The van der Waals surface area contributed by atoms with Crippen LogP contribution in [-0.2, 0) is 9.47 Å². The molecule has 3 N–H and O–H groups in total. The second-order valence-corrected chi connectivity index (χ2v) is 6.18. The maximum Gasteiger partial charge on any atom is 0.249 e. The van der Waals surface area contributed by atoms with Crippen molar-refractivity contribution in [1.29, 1.82) is 0 Å². The quantitative estimate of drug-likeness (QED) is 0.882. The number of nitrogens with zero attached hydrogens (tertiary/aromatic N) is 1. The molecule has 6 nitrogen and oxygen atoms in total. The normalized spacial score (nSPS) is 20.3. The molecule has 1 fully saturated rings. The summed E-state index contributed by atoms with van der Waals surface area (Å²) >= 11 is 0. The fraction of sp³-hybridized carbons (Fsp3) is 0.263. The molecule has 1 unspecified atom stereocenters. The Kier molecular flexibility index (Phi) is 4.40. The summed E-state index contributed by atoms with van der Waals surface area (Å²) in [4.78, 5) is 11.9. The largest absolute Gasteiger partial charge is 0.366 e. The van der Waals surface area contributed by atoms with Crippen molar-refractivity contribution in [2.45, 2.75) is 18.9 Å². The van der Waals surface area contributed by atoms with E-state index in [9.17, 15) is 9.18 Å². The highest BCUT2D eigenvalue weighted by molar-refractivity contribution is 5.99. The van der Waals surface area contributed by atoms with Crippen LogP contribution in [0.2, 0.25) is 0 Å². The molecule has 2 aromatic rings. The lowest BCUT2D eigenvalue weighted by molar-refractivity contribution is -0.0441. The van der Waals surface area contributed by atoms with Crippen molar-refractivity contribution in [2.75, 3.05) is 13.2 Å². The highest BCUT2D eigenvalue weighted by Gasteiger charge is 2.22. The van der Waals surface area contributed by atoms with Crippen molar-refractivity contribution in [2.24, 2.45) is 5.73 Å². The van der Waals surface area contributed by atoms with Crippen LogP contribution < -0.4 is 5.73 Å². The summed E-state index contributed by atoms with van der Waals surface area (Å²) in [5.41, 5.74) is 9.49. The van der Waals surface area contributed by atoms with E-state index in [1.165, 1.54) is 6.08 Å². The third-order valence-electron chi connectivity index (χ3n) is 4.41. The number of alkyl halides is 1. The number of aromatic nitrogens is 2. The number of primary amides is 1. The fourth-order valence-electron chi connectivity index (χ4n) is 3.09. The van der Waals surface area contributed by atoms with Gasteiger partial charge in [0.2, 0.25) is 5.91 Å².